The highest BCUT2D eigenvalue weighted by atomic mass is 32.2. The van der Waals surface area contributed by atoms with Gasteiger partial charge in [-0.15, -0.1) is 0 Å². The minimum Gasteiger partial charge on any atom is -0.254 e. The van der Waals surface area contributed by atoms with Gasteiger partial charge in [-0.1, -0.05) is 0 Å². The highest BCUT2D eigenvalue weighted by molar-refractivity contribution is 8.01. The summed E-state index contributed by atoms with van der Waals surface area (Å²) in [7, 11) is -0.895. The number of rotatable bonds is 0. The predicted molar refractivity (Wildman–Crippen MR) is 25.8 cm³/mol. The maximum absolute atomic E-state index is 10.1. The van der Waals surface area contributed by atoms with Gasteiger partial charge in [-0.2, -0.15) is 0 Å². The van der Waals surface area contributed by atoms with Crippen LogP contribution in [0.2, 0.25) is 0 Å². The van der Waals surface area contributed by atoms with Gasteiger partial charge in [0.05, 0.1) is 16.3 Å². The van der Waals surface area contributed by atoms with E-state index in [9.17, 15) is 4.21 Å². The van der Waals surface area contributed by atoms with Gasteiger partial charge >= 0.3 is 0 Å². The largest absolute Gasteiger partial charge is 0.254 e. The summed E-state index contributed by atoms with van der Waals surface area (Å²) in [6.07, 6.45) is 1.52. The Morgan fingerprint density at radius 1 is 1.67 bits per heavy atom. The van der Waals surface area contributed by atoms with Gasteiger partial charge in [-0.05, 0) is 0 Å². The maximum Gasteiger partial charge on any atom is 0.0952 e. The lowest BCUT2D eigenvalue weighted by molar-refractivity contribution is 0.695. The van der Waals surface area contributed by atoms with Crippen molar-refractivity contribution >= 4 is 16.3 Å². The highest BCUT2D eigenvalue weighted by Crippen LogP contribution is 1.88. The van der Waals surface area contributed by atoms with Crippen LogP contribution in [0, 0.1) is 0 Å². The molecule has 0 aromatic heterocycles. The van der Waals surface area contributed by atoms with E-state index in [0.29, 0.717) is 0 Å². The predicted octanol–water partition coefficient (Wildman–Crippen LogP) is 0.248. The van der Waals surface area contributed by atoms with Crippen molar-refractivity contribution in [1.82, 2.24) is 0 Å². The summed E-state index contributed by atoms with van der Waals surface area (Å²) >= 11 is 0. The van der Waals surface area contributed by atoms with Gasteiger partial charge in [0.2, 0.25) is 0 Å². The molecule has 0 aromatic rings. The van der Waals surface area contributed by atoms with E-state index >= 15 is 0 Å². The third-order valence-electron chi connectivity index (χ3n) is 0.446. The first kappa shape index (κ1) is 3.74. The van der Waals surface area contributed by atoms with E-state index in [1.807, 2.05) is 0 Å². The van der Waals surface area contributed by atoms with Crippen molar-refractivity contribution in [2.45, 2.75) is 0 Å². The zero-order valence-electron chi connectivity index (χ0n) is 3.00. The van der Waals surface area contributed by atoms with Crippen molar-refractivity contribution < 1.29 is 4.21 Å². The molecule has 0 saturated heterocycles. The molecule has 0 N–H and O–H groups in total. The van der Waals surface area contributed by atoms with Crippen LogP contribution < -0.4 is 0 Å². The second-order valence-electron chi connectivity index (χ2n) is 0.868. The number of hydrogen-bond donors (Lipinski definition) is 0. The van der Waals surface area contributed by atoms with Crippen LogP contribution in [0.15, 0.2) is 16.6 Å². The normalized spacial score (nSPS) is 29.0. The lowest BCUT2D eigenvalue weighted by Gasteiger charge is -1.62. The molecular weight excluding hydrogens is 98.1 g/mol. The van der Waals surface area contributed by atoms with Crippen molar-refractivity contribution in [3.8, 4) is 0 Å². The first-order valence-corrected chi connectivity index (χ1v) is 2.76. The lowest BCUT2D eigenvalue weighted by Crippen LogP contribution is -1.73. The van der Waals surface area contributed by atoms with Gasteiger partial charge < -0.3 is 0 Å². The molecule has 0 amide bonds. The van der Waals surface area contributed by atoms with E-state index in [2.05, 4.69) is 4.99 Å². The van der Waals surface area contributed by atoms with Crippen molar-refractivity contribution in [2.75, 3.05) is 0 Å². The fourth-order valence-corrected chi connectivity index (χ4v) is 0.676. The molecule has 0 spiro atoms. The van der Waals surface area contributed by atoms with Crippen molar-refractivity contribution in [1.29, 1.82) is 0 Å². The zero-order chi connectivity index (χ0) is 4.41. The molecule has 1 aliphatic heterocycles. The molecule has 32 valence electrons. The molecule has 3 heteroatoms. The Labute approximate surface area is 38.0 Å². The van der Waals surface area contributed by atoms with Crippen LogP contribution in [0.5, 0.6) is 0 Å². The van der Waals surface area contributed by atoms with Gasteiger partial charge in [0, 0.05) is 11.6 Å². The monoisotopic (exact) mass is 101 g/mol. The summed E-state index contributed by atoms with van der Waals surface area (Å²) in [5.41, 5.74) is 1.39. The van der Waals surface area contributed by atoms with Crippen molar-refractivity contribution in [3.63, 3.8) is 0 Å². The molecule has 1 atom stereocenters. The smallest absolute Gasteiger partial charge is 0.0952 e. The van der Waals surface area contributed by atoms with Gasteiger partial charge in [0.1, 0.15) is 0 Å². The average Bonchev–Trinajstić information content (AvgIpc) is 1.86. The van der Waals surface area contributed by atoms with E-state index < -0.39 is 10.8 Å². The van der Waals surface area contributed by atoms with Gasteiger partial charge in [-0.3, -0.25) is 4.99 Å². The zero-order valence-corrected chi connectivity index (χ0v) is 3.81. The molecule has 0 saturated carbocycles. The lowest BCUT2D eigenvalue weighted by atomic mass is 11.1. The molecule has 0 radical (unpaired) electrons. The minimum atomic E-state index is -0.895. The third kappa shape index (κ3) is 0.542. The van der Waals surface area contributed by atoms with Crippen molar-refractivity contribution in [3.05, 3.63) is 11.6 Å². The fraction of sp³-hybridized carbons (Fsp3) is 0. The Kier molecular flexibility index (Phi) is 0.837. The summed E-state index contributed by atoms with van der Waals surface area (Å²) in [5.74, 6) is 0. The van der Waals surface area contributed by atoms with Crippen LogP contribution in [0.25, 0.3) is 0 Å². The first-order chi connectivity index (χ1) is 2.89. The molecule has 0 bridgehead atoms. The molecule has 0 fully saturated rings. The molecule has 1 aliphatic rings. The summed E-state index contributed by atoms with van der Waals surface area (Å²) in [4.78, 5) is 3.56. The van der Waals surface area contributed by atoms with Gasteiger partial charge in [-0.25, -0.2) is 4.21 Å². The Bertz CT molecular complexity index is 113. The van der Waals surface area contributed by atoms with E-state index in [1.54, 1.807) is 0 Å². The van der Waals surface area contributed by atoms with Crippen LogP contribution in [-0.2, 0) is 10.8 Å². The average molecular weight is 101 g/mol. The van der Waals surface area contributed by atoms with E-state index in [-0.39, 0.29) is 0 Å². The highest BCUT2D eigenvalue weighted by Gasteiger charge is 1.87. The quantitative estimate of drug-likeness (QED) is 0.430. The fourth-order valence-electron chi connectivity index (χ4n) is 0.225. The molecule has 0 aromatic carbocycles. The molecule has 1 unspecified atom stereocenters. The van der Waals surface area contributed by atoms with Gasteiger partial charge in [0.25, 0.3) is 0 Å². The molecule has 1 rings (SSSR count). The second-order valence-corrected chi connectivity index (χ2v) is 2.01. The standard InChI is InChI=1S/C3H3NOS/c5-6-2-1-4-3-6/h1-3H. The number of hydrogen-bond acceptors (Lipinski definition) is 2. The Hall–Kier alpha value is -0.440. The van der Waals surface area contributed by atoms with E-state index in [1.165, 1.54) is 17.2 Å². The second kappa shape index (κ2) is 1.34. The summed E-state index contributed by atoms with van der Waals surface area (Å²) in [6.45, 7) is 0. The van der Waals surface area contributed by atoms with Crippen molar-refractivity contribution in [2.24, 2.45) is 4.99 Å². The molecule has 0 aliphatic carbocycles. The summed E-state index contributed by atoms with van der Waals surface area (Å²) < 4.78 is 10.1. The van der Waals surface area contributed by atoms with Crippen LogP contribution in [-0.4, -0.2) is 9.76 Å². The maximum atomic E-state index is 10.1. The van der Waals surface area contributed by atoms with Crippen LogP contribution >= 0.6 is 0 Å². The van der Waals surface area contributed by atoms with Crippen LogP contribution in [0.3, 0.4) is 0 Å². The Balaban J connectivity index is 2.86. The first-order valence-electron chi connectivity index (χ1n) is 1.49. The Morgan fingerprint density at radius 3 is 2.67 bits per heavy atom. The third-order valence-corrected chi connectivity index (χ3v) is 1.17. The van der Waals surface area contributed by atoms with Crippen LogP contribution in [0.1, 0.15) is 0 Å². The SMILES string of the molecule is O=S1C=CN=C1. The van der Waals surface area contributed by atoms with E-state index in [4.69, 9.17) is 0 Å². The Morgan fingerprint density at radius 2 is 2.50 bits per heavy atom. The van der Waals surface area contributed by atoms with E-state index in [0.717, 1.165) is 0 Å². The molecular formula is C3H3NOS. The minimum absolute atomic E-state index is 0.895. The van der Waals surface area contributed by atoms with Gasteiger partial charge in [0.15, 0.2) is 0 Å². The summed E-state index contributed by atoms with van der Waals surface area (Å²) in [6, 6.07) is 0. The number of aliphatic imine (C=N–C) groups is 1. The molecule has 2 nitrogen and oxygen atoms in total. The topological polar surface area (TPSA) is 29.4 Å². The van der Waals surface area contributed by atoms with Crippen LogP contribution in [0.4, 0.5) is 0 Å². The molecule has 6 heavy (non-hydrogen) atoms. The number of nitrogens with zero attached hydrogens (tertiary/aromatic N) is 1. The summed E-state index contributed by atoms with van der Waals surface area (Å²) in [5, 5.41) is 1.53. The molecule has 1 heterocycles.